The highest BCUT2D eigenvalue weighted by Gasteiger charge is 2.19. The van der Waals surface area contributed by atoms with Crippen molar-refractivity contribution in [3.63, 3.8) is 0 Å². The number of rotatable bonds is 4. The lowest BCUT2D eigenvalue weighted by Crippen LogP contribution is -2.27. The van der Waals surface area contributed by atoms with Gasteiger partial charge in [0.2, 0.25) is 0 Å². The van der Waals surface area contributed by atoms with Crippen LogP contribution in [0.25, 0.3) is 0 Å². The second-order valence-electron chi connectivity index (χ2n) is 5.25. The SMILES string of the molecule is COc1ccc(C(O)CF)c(NC(=O)OC(C)(C)C)c1. The van der Waals surface area contributed by atoms with Gasteiger partial charge in [-0.3, -0.25) is 5.32 Å². The molecular formula is C14H20FNO4. The fraction of sp³-hybridized carbons (Fsp3) is 0.500. The van der Waals surface area contributed by atoms with E-state index in [1.807, 2.05) is 0 Å². The number of methoxy groups -OCH3 is 1. The van der Waals surface area contributed by atoms with Crippen molar-refractivity contribution >= 4 is 11.8 Å². The van der Waals surface area contributed by atoms with Gasteiger partial charge in [0.15, 0.2) is 0 Å². The van der Waals surface area contributed by atoms with Gasteiger partial charge in [0.1, 0.15) is 24.1 Å². The van der Waals surface area contributed by atoms with Crippen LogP contribution in [0, 0.1) is 0 Å². The number of hydrogen-bond donors (Lipinski definition) is 2. The fourth-order valence-electron chi connectivity index (χ4n) is 1.56. The van der Waals surface area contributed by atoms with Crippen LogP contribution in [0.15, 0.2) is 18.2 Å². The Morgan fingerprint density at radius 2 is 2.10 bits per heavy atom. The summed E-state index contributed by atoms with van der Waals surface area (Å²) in [6.45, 7) is 4.25. The van der Waals surface area contributed by atoms with Gasteiger partial charge in [-0.15, -0.1) is 0 Å². The fourth-order valence-corrected chi connectivity index (χ4v) is 1.56. The summed E-state index contributed by atoms with van der Waals surface area (Å²) < 4.78 is 22.8. The number of nitrogens with one attached hydrogen (secondary N) is 1. The van der Waals surface area contributed by atoms with Gasteiger partial charge in [-0.05, 0) is 26.8 Å². The number of carbonyl (C=O) groups excluding carboxylic acids is 1. The molecule has 6 heteroatoms. The summed E-state index contributed by atoms with van der Waals surface area (Å²) in [6, 6.07) is 4.57. The predicted octanol–water partition coefficient (Wildman–Crippen LogP) is 3.05. The van der Waals surface area contributed by atoms with E-state index in [1.54, 1.807) is 26.8 Å². The van der Waals surface area contributed by atoms with Crippen molar-refractivity contribution in [3.8, 4) is 5.75 Å². The van der Waals surface area contributed by atoms with Crippen molar-refractivity contribution in [2.75, 3.05) is 19.1 Å². The smallest absolute Gasteiger partial charge is 0.412 e. The zero-order valence-electron chi connectivity index (χ0n) is 12.1. The van der Waals surface area contributed by atoms with Crippen molar-refractivity contribution in [1.29, 1.82) is 0 Å². The first-order valence-electron chi connectivity index (χ1n) is 6.19. The third-order valence-electron chi connectivity index (χ3n) is 2.40. The molecule has 0 fully saturated rings. The van der Waals surface area contributed by atoms with Gasteiger partial charge >= 0.3 is 6.09 Å². The van der Waals surface area contributed by atoms with E-state index in [0.717, 1.165) is 0 Å². The van der Waals surface area contributed by atoms with Crippen LogP contribution in [-0.4, -0.2) is 30.6 Å². The third-order valence-corrected chi connectivity index (χ3v) is 2.40. The maximum Gasteiger partial charge on any atom is 0.412 e. The lowest BCUT2D eigenvalue weighted by Gasteiger charge is -2.21. The van der Waals surface area contributed by atoms with Crippen LogP contribution in [0.3, 0.4) is 0 Å². The summed E-state index contributed by atoms with van der Waals surface area (Å²) in [6.07, 6.45) is -2.00. The number of hydrogen-bond acceptors (Lipinski definition) is 4. The molecule has 0 saturated heterocycles. The minimum atomic E-state index is -1.31. The Hall–Kier alpha value is -1.82. The summed E-state index contributed by atoms with van der Waals surface area (Å²) in [5, 5.41) is 12.1. The molecule has 20 heavy (non-hydrogen) atoms. The van der Waals surface area contributed by atoms with Gasteiger partial charge in [0.25, 0.3) is 0 Å². The number of carbonyl (C=O) groups is 1. The maximum absolute atomic E-state index is 12.6. The van der Waals surface area contributed by atoms with Crippen LogP contribution in [0.2, 0.25) is 0 Å². The first-order valence-corrected chi connectivity index (χ1v) is 6.19. The van der Waals surface area contributed by atoms with E-state index < -0.39 is 24.5 Å². The highest BCUT2D eigenvalue weighted by molar-refractivity contribution is 5.86. The number of aliphatic hydroxyl groups is 1. The monoisotopic (exact) mass is 285 g/mol. The molecule has 0 saturated carbocycles. The molecule has 0 heterocycles. The van der Waals surface area contributed by atoms with Gasteiger partial charge in [-0.2, -0.15) is 0 Å². The average molecular weight is 285 g/mol. The molecule has 1 aromatic carbocycles. The molecule has 0 spiro atoms. The van der Waals surface area contributed by atoms with Crippen LogP contribution in [0.4, 0.5) is 14.9 Å². The molecule has 1 unspecified atom stereocenters. The summed E-state index contributed by atoms with van der Waals surface area (Å²) in [5.41, 5.74) is -0.134. The first kappa shape index (κ1) is 16.2. The number of ether oxygens (including phenoxy) is 2. The molecule has 0 aromatic heterocycles. The van der Waals surface area contributed by atoms with E-state index in [9.17, 15) is 14.3 Å². The molecule has 0 bridgehead atoms. The molecule has 0 radical (unpaired) electrons. The average Bonchev–Trinajstić information content (AvgIpc) is 2.35. The quantitative estimate of drug-likeness (QED) is 0.892. The van der Waals surface area contributed by atoms with Crippen LogP contribution >= 0.6 is 0 Å². The summed E-state index contributed by atoms with van der Waals surface area (Å²) >= 11 is 0. The van der Waals surface area contributed by atoms with E-state index in [1.165, 1.54) is 19.2 Å². The van der Waals surface area contributed by atoms with Crippen molar-refractivity contribution in [2.45, 2.75) is 32.5 Å². The molecule has 2 N–H and O–H groups in total. The van der Waals surface area contributed by atoms with E-state index >= 15 is 0 Å². The predicted molar refractivity (Wildman–Crippen MR) is 73.8 cm³/mol. The molecule has 0 aliphatic rings. The van der Waals surface area contributed by atoms with Crippen molar-refractivity contribution in [1.82, 2.24) is 0 Å². The second kappa shape index (κ2) is 6.56. The summed E-state index contributed by atoms with van der Waals surface area (Å²) in [5.74, 6) is 0.478. The number of benzene rings is 1. The zero-order valence-corrected chi connectivity index (χ0v) is 12.1. The van der Waals surface area contributed by atoms with Gasteiger partial charge in [-0.1, -0.05) is 6.07 Å². The molecule has 1 rings (SSSR count). The van der Waals surface area contributed by atoms with Gasteiger partial charge in [0, 0.05) is 11.6 Å². The Kier molecular flexibility index (Phi) is 5.33. The van der Waals surface area contributed by atoms with Gasteiger partial charge < -0.3 is 14.6 Å². The Morgan fingerprint density at radius 3 is 2.60 bits per heavy atom. The lowest BCUT2D eigenvalue weighted by atomic mass is 10.1. The topological polar surface area (TPSA) is 67.8 Å². The molecule has 0 aliphatic heterocycles. The largest absolute Gasteiger partial charge is 0.497 e. The molecule has 1 atom stereocenters. The second-order valence-corrected chi connectivity index (χ2v) is 5.25. The standard InChI is InChI=1S/C14H20FNO4/c1-14(2,3)20-13(18)16-11-7-9(19-4)5-6-10(11)12(17)8-15/h5-7,12,17H,8H2,1-4H3,(H,16,18). The minimum Gasteiger partial charge on any atom is -0.497 e. The molecule has 1 amide bonds. The van der Waals surface area contributed by atoms with Crippen LogP contribution in [0.1, 0.15) is 32.4 Å². The number of halogens is 1. The Bertz CT molecular complexity index is 471. The normalized spacial score (nSPS) is 12.7. The van der Waals surface area contributed by atoms with Crippen LogP contribution in [0.5, 0.6) is 5.75 Å². The highest BCUT2D eigenvalue weighted by Crippen LogP contribution is 2.28. The van der Waals surface area contributed by atoms with Crippen molar-refractivity contribution in [3.05, 3.63) is 23.8 Å². The maximum atomic E-state index is 12.6. The van der Waals surface area contributed by atoms with Crippen molar-refractivity contribution in [2.24, 2.45) is 0 Å². The van der Waals surface area contributed by atoms with Crippen LogP contribution < -0.4 is 10.1 Å². The van der Waals surface area contributed by atoms with Gasteiger partial charge in [0.05, 0.1) is 12.8 Å². The number of anilines is 1. The Labute approximate surface area is 117 Å². The molecule has 1 aromatic rings. The highest BCUT2D eigenvalue weighted by atomic mass is 19.1. The number of aliphatic hydroxyl groups excluding tert-OH is 1. The first-order chi connectivity index (χ1) is 9.26. The molecule has 0 aliphatic carbocycles. The number of amides is 1. The summed E-state index contributed by atoms with van der Waals surface area (Å²) in [4.78, 5) is 11.7. The molecular weight excluding hydrogens is 265 g/mol. The molecule has 5 nitrogen and oxygen atoms in total. The van der Waals surface area contributed by atoms with E-state index in [2.05, 4.69) is 5.32 Å². The zero-order chi connectivity index (χ0) is 15.3. The van der Waals surface area contributed by atoms with E-state index in [4.69, 9.17) is 9.47 Å². The van der Waals surface area contributed by atoms with E-state index in [0.29, 0.717) is 5.75 Å². The lowest BCUT2D eigenvalue weighted by molar-refractivity contribution is 0.0635. The van der Waals surface area contributed by atoms with Gasteiger partial charge in [-0.25, -0.2) is 9.18 Å². The minimum absolute atomic E-state index is 0.253. The Balaban J connectivity index is 2.98. The molecule has 112 valence electrons. The van der Waals surface area contributed by atoms with Crippen molar-refractivity contribution < 1.29 is 23.8 Å². The summed E-state index contributed by atoms with van der Waals surface area (Å²) in [7, 11) is 1.47. The van der Waals surface area contributed by atoms with Crippen LogP contribution in [-0.2, 0) is 4.74 Å². The van der Waals surface area contributed by atoms with E-state index in [-0.39, 0.29) is 11.3 Å². The Morgan fingerprint density at radius 1 is 1.45 bits per heavy atom. The third kappa shape index (κ3) is 4.70. The number of alkyl halides is 1.